The van der Waals surface area contributed by atoms with Crippen LogP contribution in [0, 0.1) is 52.8 Å². The minimum atomic E-state index is -4.47. The van der Waals surface area contributed by atoms with Gasteiger partial charge in [-0.05, 0) is 97.9 Å². The van der Waals surface area contributed by atoms with Crippen LogP contribution in [-0.4, -0.2) is 15.6 Å². The van der Waals surface area contributed by atoms with Crippen LogP contribution in [0.5, 0.6) is 0 Å². The molecular formula is C26H37F3N2O. The first kappa shape index (κ1) is 22.5. The fourth-order valence-electron chi connectivity index (χ4n) is 9.00. The number of hydrogen-bond donors (Lipinski definition) is 0. The lowest BCUT2D eigenvalue weighted by Gasteiger charge is -2.56. The van der Waals surface area contributed by atoms with Crippen LogP contribution in [0.25, 0.3) is 0 Å². The Hall–Kier alpha value is -1.33. The normalized spacial score (nSPS) is 43.9. The van der Waals surface area contributed by atoms with Crippen LogP contribution in [-0.2, 0) is 17.5 Å². The molecule has 32 heavy (non-hydrogen) atoms. The number of fused-ring (bicyclic) bond motifs is 5. The molecule has 1 aromatic heterocycles. The van der Waals surface area contributed by atoms with Gasteiger partial charge in [-0.25, -0.2) is 0 Å². The van der Waals surface area contributed by atoms with E-state index in [1.165, 1.54) is 49.4 Å². The molecule has 0 N–H and O–H groups in total. The fraction of sp³-hybridized carbons (Fsp3) is 0.846. The van der Waals surface area contributed by atoms with E-state index in [4.69, 9.17) is 0 Å². The Bertz CT molecular complexity index is 863. The number of hydrogen-bond acceptors (Lipinski definition) is 2. The zero-order valence-electron chi connectivity index (χ0n) is 19.6. The highest BCUT2D eigenvalue weighted by molar-refractivity contribution is 5.82. The molecule has 9 atom stereocenters. The maximum Gasteiger partial charge on any atom is 0.435 e. The largest absolute Gasteiger partial charge is 0.435 e. The van der Waals surface area contributed by atoms with Gasteiger partial charge >= 0.3 is 6.18 Å². The summed E-state index contributed by atoms with van der Waals surface area (Å²) in [5.74, 6) is 5.26. The van der Waals surface area contributed by atoms with Gasteiger partial charge in [0.25, 0.3) is 0 Å². The van der Waals surface area contributed by atoms with E-state index in [1.807, 2.05) is 0 Å². The first-order valence-corrected chi connectivity index (χ1v) is 12.7. The first-order valence-electron chi connectivity index (χ1n) is 12.7. The number of alkyl halides is 3. The third kappa shape index (κ3) is 3.64. The Morgan fingerprint density at radius 1 is 1.09 bits per heavy atom. The third-order valence-corrected chi connectivity index (χ3v) is 10.2. The molecule has 0 saturated heterocycles. The van der Waals surface area contributed by atoms with Crippen LogP contribution in [0.4, 0.5) is 13.2 Å². The van der Waals surface area contributed by atoms with Crippen LogP contribution in [0.15, 0.2) is 12.3 Å². The summed E-state index contributed by atoms with van der Waals surface area (Å²) in [6.07, 6.45) is 6.82. The SMILES string of the molecule is CC1CCC2C(CCC3C2CC[C@@]2(C)C3C(C)C[C@@H]2C(=O)Cn2ccc(C(F)(F)F)n2)C1. The lowest BCUT2D eigenvalue weighted by molar-refractivity contribution is -0.142. The van der Waals surface area contributed by atoms with Gasteiger partial charge in [-0.15, -0.1) is 0 Å². The van der Waals surface area contributed by atoms with Crippen molar-refractivity contribution in [2.45, 2.75) is 84.9 Å². The van der Waals surface area contributed by atoms with Gasteiger partial charge in [0.2, 0.25) is 0 Å². The van der Waals surface area contributed by atoms with E-state index in [2.05, 4.69) is 25.9 Å². The minimum Gasteiger partial charge on any atom is -0.297 e. The molecule has 0 bridgehead atoms. The number of halogens is 3. The lowest BCUT2D eigenvalue weighted by Crippen LogP contribution is -2.50. The Labute approximate surface area is 189 Å². The molecule has 0 aliphatic heterocycles. The Morgan fingerprint density at radius 3 is 2.56 bits per heavy atom. The molecule has 6 heteroatoms. The van der Waals surface area contributed by atoms with Crippen LogP contribution >= 0.6 is 0 Å². The zero-order chi connectivity index (χ0) is 22.8. The van der Waals surface area contributed by atoms with E-state index in [-0.39, 0.29) is 23.7 Å². The second kappa shape index (κ2) is 7.87. The minimum absolute atomic E-state index is 0.0214. The summed E-state index contributed by atoms with van der Waals surface area (Å²) in [6.45, 7) is 7.00. The predicted octanol–water partition coefficient (Wildman–Crippen LogP) is 6.62. The van der Waals surface area contributed by atoms with Gasteiger partial charge in [0.15, 0.2) is 11.5 Å². The van der Waals surface area contributed by atoms with E-state index in [0.717, 1.165) is 48.5 Å². The van der Waals surface area contributed by atoms with Crippen molar-refractivity contribution in [3.8, 4) is 0 Å². The summed E-state index contributed by atoms with van der Waals surface area (Å²) in [5.41, 5.74) is -0.944. The van der Waals surface area contributed by atoms with Crippen LogP contribution in [0.2, 0.25) is 0 Å². The van der Waals surface area contributed by atoms with Crippen LogP contribution in [0.1, 0.15) is 77.8 Å². The molecule has 4 aliphatic rings. The van der Waals surface area contributed by atoms with Crippen molar-refractivity contribution in [2.75, 3.05) is 0 Å². The molecule has 0 amide bonds. The second-order valence-electron chi connectivity index (χ2n) is 11.9. The lowest BCUT2D eigenvalue weighted by atomic mass is 9.48. The molecular weight excluding hydrogens is 413 g/mol. The summed E-state index contributed by atoms with van der Waals surface area (Å²) in [4.78, 5) is 13.4. The molecule has 7 unspecified atom stereocenters. The van der Waals surface area contributed by atoms with Crippen molar-refractivity contribution in [2.24, 2.45) is 52.8 Å². The van der Waals surface area contributed by atoms with Crippen LogP contribution in [0.3, 0.4) is 0 Å². The number of carbonyl (C=O) groups is 1. The summed E-state index contributed by atoms with van der Waals surface area (Å²) < 4.78 is 39.9. The van der Waals surface area contributed by atoms with E-state index in [9.17, 15) is 18.0 Å². The number of carbonyl (C=O) groups excluding carboxylic acids is 1. The summed E-state index contributed by atoms with van der Waals surface area (Å²) in [5, 5.41) is 3.63. The van der Waals surface area contributed by atoms with Crippen molar-refractivity contribution in [1.29, 1.82) is 0 Å². The number of aromatic nitrogens is 2. The topological polar surface area (TPSA) is 34.9 Å². The van der Waals surface area contributed by atoms with Crippen LogP contribution < -0.4 is 0 Å². The zero-order valence-corrected chi connectivity index (χ0v) is 19.6. The van der Waals surface area contributed by atoms with E-state index in [0.29, 0.717) is 11.8 Å². The van der Waals surface area contributed by atoms with Gasteiger partial charge in [-0.1, -0.05) is 27.2 Å². The van der Waals surface area contributed by atoms with Gasteiger partial charge in [-0.2, -0.15) is 18.3 Å². The Balaban J connectivity index is 1.33. The quantitative estimate of drug-likeness (QED) is 0.519. The second-order valence-corrected chi connectivity index (χ2v) is 11.9. The van der Waals surface area contributed by atoms with E-state index in [1.54, 1.807) is 0 Å². The van der Waals surface area contributed by atoms with Gasteiger partial charge in [-0.3, -0.25) is 9.48 Å². The Kier molecular flexibility index (Phi) is 5.52. The molecule has 4 saturated carbocycles. The molecule has 0 radical (unpaired) electrons. The van der Waals surface area contributed by atoms with Crippen molar-refractivity contribution in [1.82, 2.24) is 9.78 Å². The molecule has 3 nitrogen and oxygen atoms in total. The average molecular weight is 451 g/mol. The molecule has 1 heterocycles. The van der Waals surface area contributed by atoms with Gasteiger partial charge in [0.1, 0.15) is 0 Å². The van der Waals surface area contributed by atoms with E-state index >= 15 is 0 Å². The van der Waals surface area contributed by atoms with Gasteiger partial charge < -0.3 is 0 Å². The monoisotopic (exact) mass is 450 g/mol. The van der Waals surface area contributed by atoms with Crippen molar-refractivity contribution >= 4 is 5.78 Å². The number of rotatable bonds is 3. The molecule has 178 valence electrons. The molecule has 5 rings (SSSR count). The fourth-order valence-corrected chi connectivity index (χ4v) is 9.00. The molecule has 4 fully saturated rings. The number of Topliss-reactive ketones (excluding diaryl/α,β-unsaturated/α-hetero) is 1. The van der Waals surface area contributed by atoms with Gasteiger partial charge in [0, 0.05) is 12.1 Å². The summed E-state index contributed by atoms with van der Waals surface area (Å²) in [6, 6.07) is 0.962. The molecule has 1 aromatic rings. The maximum atomic E-state index is 13.4. The number of ketones is 1. The summed E-state index contributed by atoms with van der Waals surface area (Å²) in [7, 11) is 0. The predicted molar refractivity (Wildman–Crippen MR) is 117 cm³/mol. The van der Waals surface area contributed by atoms with E-state index < -0.39 is 11.9 Å². The average Bonchev–Trinajstić information content (AvgIpc) is 3.29. The Morgan fingerprint density at radius 2 is 1.84 bits per heavy atom. The number of nitrogens with zero attached hydrogens (tertiary/aromatic N) is 2. The summed E-state index contributed by atoms with van der Waals surface area (Å²) >= 11 is 0. The van der Waals surface area contributed by atoms with Crippen molar-refractivity contribution in [3.63, 3.8) is 0 Å². The highest BCUT2D eigenvalue weighted by Crippen LogP contribution is 2.66. The standard InChI is InChI=1S/C26H37F3N2O/c1-15-4-6-18-17(12-15)5-7-20-19(18)8-10-25(3)21(13-16(2)24(20)25)22(32)14-31-11-9-23(30-31)26(27,28)29/h9,11,15-21,24H,4-8,10,12-14H2,1-3H3/t15?,16?,17?,18?,19?,20?,21-,24?,25-/m1/s1. The first-order chi connectivity index (χ1) is 15.1. The smallest absolute Gasteiger partial charge is 0.297 e. The highest BCUT2D eigenvalue weighted by atomic mass is 19.4. The van der Waals surface area contributed by atoms with Crippen molar-refractivity contribution < 1.29 is 18.0 Å². The molecule has 0 aromatic carbocycles. The molecule has 0 spiro atoms. The highest BCUT2D eigenvalue weighted by Gasteiger charge is 2.60. The maximum absolute atomic E-state index is 13.4. The third-order valence-electron chi connectivity index (χ3n) is 10.2. The molecule has 4 aliphatic carbocycles. The van der Waals surface area contributed by atoms with Crippen molar-refractivity contribution in [3.05, 3.63) is 18.0 Å². The van der Waals surface area contributed by atoms with Gasteiger partial charge in [0.05, 0.1) is 6.54 Å².